The second-order valence-electron chi connectivity index (χ2n) is 5.49. The van der Waals surface area contributed by atoms with Crippen LogP contribution in [-0.2, 0) is 12.8 Å². The Morgan fingerprint density at radius 3 is 3.16 bits per heavy atom. The van der Waals surface area contributed by atoms with Gasteiger partial charge in [0.15, 0.2) is 0 Å². The van der Waals surface area contributed by atoms with Gasteiger partial charge in [-0.2, -0.15) is 0 Å². The van der Waals surface area contributed by atoms with Crippen LogP contribution < -0.4 is 5.32 Å². The van der Waals surface area contributed by atoms with Crippen molar-refractivity contribution >= 4 is 27.8 Å². The van der Waals surface area contributed by atoms with Gasteiger partial charge < -0.3 is 5.32 Å². The molecule has 0 saturated heterocycles. The minimum Gasteiger partial charge on any atom is -0.353 e. The van der Waals surface area contributed by atoms with Crippen molar-refractivity contribution < 1.29 is 0 Å². The van der Waals surface area contributed by atoms with Crippen LogP contribution >= 0.6 is 22.7 Å². The molecule has 0 saturated carbocycles. The van der Waals surface area contributed by atoms with Gasteiger partial charge in [-0.15, -0.1) is 21.5 Å². The second kappa shape index (κ2) is 5.59. The summed E-state index contributed by atoms with van der Waals surface area (Å²) in [6.07, 6.45) is 4.72. The zero-order chi connectivity index (χ0) is 13.2. The average molecular weight is 293 g/mol. The molecule has 0 bridgehead atoms. The average Bonchev–Trinajstić information content (AvgIpc) is 2.98. The molecule has 102 valence electrons. The number of thiophene rings is 1. The zero-order valence-electron chi connectivity index (χ0n) is 11.3. The van der Waals surface area contributed by atoms with Crippen LogP contribution in [0.4, 0.5) is 5.13 Å². The number of rotatable bonds is 4. The number of nitrogens with one attached hydrogen (secondary N) is 1. The number of fused-ring (bicyclic) bond motifs is 1. The highest BCUT2D eigenvalue weighted by Gasteiger charge is 2.22. The van der Waals surface area contributed by atoms with Gasteiger partial charge in [0, 0.05) is 11.3 Å². The SMILES string of the molecule is CC(C)Cc1nnc(NC2CCCc3sccc32)s1. The third-order valence-electron chi connectivity index (χ3n) is 3.40. The maximum Gasteiger partial charge on any atom is 0.206 e. The molecule has 5 heteroatoms. The first kappa shape index (κ1) is 13.1. The van der Waals surface area contributed by atoms with Gasteiger partial charge in [-0.25, -0.2) is 0 Å². The van der Waals surface area contributed by atoms with Gasteiger partial charge in [-0.1, -0.05) is 25.2 Å². The zero-order valence-corrected chi connectivity index (χ0v) is 13.0. The molecule has 2 aromatic heterocycles. The maximum atomic E-state index is 4.28. The molecule has 19 heavy (non-hydrogen) atoms. The van der Waals surface area contributed by atoms with E-state index in [1.807, 2.05) is 11.3 Å². The van der Waals surface area contributed by atoms with Gasteiger partial charge in [-0.3, -0.25) is 0 Å². The van der Waals surface area contributed by atoms with Gasteiger partial charge >= 0.3 is 0 Å². The van der Waals surface area contributed by atoms with E-state index in [0.29, 0.717) is 12.0 Å². The number of hydrogen-bond donors (Lipinski definition) is 1. The molecule has 0 amide bonds. The Kier molecular flexibility index (Phi) is 3.84. The van der Waals surface area contributed by atoms with E-state index < -0.39 is 0 Å². The minimum atomic E-state index is 0.426. The Balaban J connectivity index is 1.71. The Morgan fingerprint density at radius 1 is 1.42 bits per heavy atom. The fraction of sp³-hybridized carbons (Fsp3) is 0.571. The van der Waals surface area contributed by atoms with Crippen LogP contribution in [0.1, 0.15) is 48.2 Å². The molecule has 0 radical (unpaired) electrons. The molecule has 3 nitrogen and oxygen atoms in total. The van der Waals surface area contributed by atoms with Crippen molar-refractivity contribution in [3.8, 4) is 0 Å². The summed E-state index contributed by atoms with van der Waals surface area (Å²) in [6.45, 7) is 4.43. The number of anilines is 1. The summed E-state index contributed by atoms with van der Waals surface area (Å²) in [5.74, 6) is 0.638. The first-order valence-corrected chi connectivity index (χ1v) is 8.57. The van der Waals surface area contributed by atoms with E-state index in [2.05, 4.69) is 40.8 Å². The molecule has 1 atom stereocenters. The van der Waals surface area contributed by atoms with Crippen molar-refractivity contribution in [3.63, 3.8) is 0 Å². The van der Waals surface area contributed by atoms with Crippen molar-refractivity contribution in [2.45, 2.75) is 45.6 Å². The first-order valence-electron chi connectivity index (χ1n) is 6.87. The Morgan fingerprint density at radius 2 is 2.32 bits per heavy atom. The van der Waals surface area contributed by atoms with Crippen LogP contribution in [0.5, 0.6) is 0 Å². The summed E-state index contributed by atoms with van der Waals surface area (Å²) in [6, 6.07) is 2.68. The van der Waals surface area contributed by atoms with Crippen molar-refractivity contribution in [2.24, 2.45) is 5.92 Å². The van der Waals surface area contributed by atoms with Crippen LogP contribution in [0.2, 0.25) is 0 Å². The summed E-state index contributed by atoms with van der Waals surface area (Å²) in [4.78, 5) is 1.54. The Labute approximate surface area is 122 Å². The van der Waals surface area contributed by atoms with Gasteiger partial charge in [0.05, 0.1) is 6.04 Å². The van der Waals surface area contributed by atoms with Crippen LogP contribution in [0.15, 0.2) is 11.4 Å². The number of aromatic nitrogens is 2. The summed E-state index contributed by atoms with van der Waals surface area (Å²) in [5.41, 5.74) is 1.47. The lowest BCUT2D eigenvalue weighted by molar-refractivity contribution is 0.607. The summed E-state index contributed by atoms with van der Waals surface area (Å²) >= 11 is 3.58. The van der Waals surface area contributed by atoms with E-state index >= 15 is 0 Å². The quantitative estimate of drug-likeness (QED) is 0.914. The Bertz CT molecular complexity index is 544. The largest absolute Gasteiger partial charge is 0.353 e. The van der Waals surface area contributed by atoms with Crippen molar-refractivity contribution in [1.29, 1.82) is 0 Å². The molecule has 0 aromatic carbocycles. The third kappa shape index (κ3) is 2.98. The molecule has 1 aliphatic rings. The highest BCUT2D eigenvalue weighted by atomic mass is 32.1. The predicted octanol–water partition coefficient (Wildman–Crippen LogP) is 4.29. The lowest BCUT2D eigenvalue weighted by Gasteiger charge is -2.23. The van der Waals surface area contributed by atoms with E-state index in [4.69, 9.17) is 0 Å². The molecule has 0 spiro atoms. The van der Waals surface area contributed by atoms with Gasteiger partial charge in [0.25, 0.3) is 0 Å². The molecule has 1 unspecified atom stereocenters. The summed E-state index contributed by atoms with van der Waals surface area (Å²) in [5, 5.41) is 16.4. The fourth-order valence-corrected chi connectivity index (χ4v) is 4.52. The molecule has 3 rings (SSSR count). The summed E-state index contributed by atoms with van der Waals surface area (Å²) in [7, 11) is 0. The first-order chi connectivity index (χ1) is 9.22. The third-order valence-corrected chi connectivity index (χ3v) is 5.27. The molecule has 2 heterocycles. The van der Waals surface area contributed by atoms with Crippen LogP contribution in [0.3, 0.4) is 0 Å². The topological polar surface area (TPSA) is 37.8 Å². The van der Waals surface area contributed by atoms with E-state index in [1.165, 1.54) is 29.7 Å². The molecule has 0 fully saturated rings. The van der Waals surface area contributed by atoms with Crippen LogP contribution in [0, 0.1) is 5.92 Å². The van der Waals surface area contributed by atoms with Crippen LogP contribution in [-0.4, -0.2) is 10.2 Å². The van der Waals surface area contributed by atoms with E-state index in [1.54, 1.807) is 11.3 Å². The normalized spacial score (nSPS) is 18.6. The van der Waals surface area contributed by atoms with E-state index in [9.17, 15) is 0 Å². The van der Waals surface area contributed by atoms with Crippen molar-refractivity contribution in [3.05, 3.63) is 26.9 Å². The smallest absolute Gasteiger partial charge is 0.206 e. The minimum absolute atomic E-state index is 0.426. The fourth-order valence-electron chi connectivity index (χ4n) is 2.53. The van der Waals surface area contributed by atoms with Gasteiger partial charge in [0.1, 0.15) is 5.01 Å². The number of hydrogen-bond acceptors (Lipinski definition) is 5. The highest BCUT2D eigenvalue weighted by Crippen LogP contribution is 2.36. The molecule has 1 N–H and O–H groups in total. The molecule has 1 aliphatic carbocycles. The number of aryl methyl sites for hydroxylation is 1. The molecular weight excluding hydrogens is 274 g/mol. The predicted molar refractivity (Wildman–Crippen MR) is 82.1 cm³/mol. The van der Waals surface area contributed by atoms with Gasteiger partial charge in [0.2, 0.25) is 5.13 Å². The second-order valence-corrected chi connectivity index (χ2v) is 7.55. The van der Waals surface area contributed by atoms with Crippen molar-refractivity contribution in [2.75, 3.05) is 5.32 Å². The van der Waals surface area contributed by atoms with E-state index in [-0.39, 0.29) is 0 Å². The van der Waals surface area contributed by atoms with Gasteiger partial charge in [-0.05, 0) is 42.2 Å². The molecule has 2 aromatic rings. The Hall–Kier alpha value is -0.940. The van der Waals surface area contributed by atoms with Crippen LogP contribution in [0.25, 0.3) is 0 Å². The number of nitrogens with zero attached hydrogens (tertiary/aromatic N) is 2. The monoisotopic (exact) mass is 293 g/mol. The van der Waals surface area contributed by atoms with Crippen molar-refractivity contribution in [1.82, 2.24) is 10.2 Å². The summed E-state index contributed by atoms with van der Waals surface area (Å²) < 4.78 is 0. The molecular formula is C14H19N3S2. The maximum absolute atomic E-state index is 4.28. The highest BCUT2D eigenvalue weighted by molar-refractivity contribution is 7.15. The molecule has 0 aliphatic heterocycles. The standard InChI is InChI=1S/C14H19N3S2/c1-9(2)8-13-16-17-14(19-13)15-11-4-3-5-12-10(11)6-7-18-12/h6-7,9,11H,3-5,8H2,1-2H3,(H,15,17). The lowest BCUT2D eigenvalue weighted by Crippen LogP contribution is -2.15. The van der Waals surface area contributed by atoms with E-state index in [0.717, 1.165) is 16.6 Å². The lowest BCUT2D eigenvalue weighted by atomic mass is 9.94.